The van der Waals surface area contributed by atoms with Gasteiger partial charge in [-0.3, -0.25) is 0 Å². The number of benzene rings is 2. The molecule has 4 rings (SSSR count). The molecule has 2 heteroatoms. The Kier molecular flexibility index (Phi) is 7.57. The van der Waals surface area contributed by atoms with Gasteiger partial charge in [0.15, 0.2) is 0 Å². The number of allylic oxidation sites excluding steroid dienone is 4. The summed E-state index contributed by atoms with van der Waals surface area (Å²) in [6.45, 7) is 2.31. The van der Waals surface area contributed by atoms with Crippen LogP contribution in [0.2, 0.25) is 0 Å². The molecule has 1 atom stereocenters. The van der Waals surface area contributed by atoms with E-state index in [9.17, 15) is 0 Å². The minimum Gasteiger partial charge on any atom is -0.497 e. The van der Waals surface area contributed by atoms with Crippen LogP contribution >= 0.6 is 0 Å². The van der Waals surface area contributed by atoms with Crippen molar-refractivity contribution in [3.05, 3.63) is 77.9 Å². The van der Waals surface area contributed by atoms with E-state index in [1.165, 1.54) is 61.6 Å². The second-order valence-electron chi connectivity index (χ2n) is 8.14. The molecule has 0 saturated carbocycles. The van der Waals surface area contributed by atoms with Crippen molar-refractivity contribution in [1.29, 1.82) is 0 Å². The Morgan fingerprint density at radius 2 is 1.41 bits per heavy atom. The van der Waals surface area contributed by atoms with Gasteiger partial charge in [-0.15, -0.1) is 0 Å². The summed E-state index contributed by atoms with van der Waals surface area (Å²) in [5, 5.41) is 0. The van der Waals surface area contributed by atoms with Gasteiger partial charge in [0.05, 0.1) is 14.2 Å². The highest BCUT2D eigenvalue weighted by molar-refractivity contribution is 5.66. The summed E-state index contributed by atoms with van der Waals surface area (Å²) in [4.78, 5) is 0. The third kappa shape index (κ3) is 5.76. The second kappa shape index (κ2) is 10.3. The molecular formula is C27H34O2. The zero-order valence-electron chi connectivity index (χ0n) is 18.1. The van der Waals surface area contributed by atoms with E-state index >= 15 is 0 Å². The zero-order chi connectivity index (χ0) is 20.5. The van der Waals surface area contributed by atoms with Crippen molar-refractivity contribution in [3.63, 3.8) is 0 Å². The van der Waals surface area contributed by atoms with Gasteiger partial charge in [0, 0.05) is 5.41 Å². The van der Waals surface area contributed by atoms with Crippen molar-refractivity contribution >= 4 is 5.57 Å². The molecule has 0 saturated heterocycles. The maximum Gasteiger partial charge on any atom is 0.118 e. The van der Waals surface area contributed by atoms with Crippen molar-refractivity contribution in [1.82, 2.24) is 0 Å². The minimum atomic E-state index is 0.227. The van der Waals surface area contributed by atoms with Gasteiger partial charge in [-0.25, -0.2) is 0 Å². The SMILES string of the molecule is COc1ccc(C2(C)C=CCCC2)cc1.COc1ccc(C2=CCCCC2)cc1. The molecule has 0 fully saturated rings. The first-order valence-corrected chi connectivity index (χ1v) is 10.8. The van der Waals surface area contributed by atoms with Crippen LogP contribution in [0.1, 0.15) is 63.0 Å². The Hall–Kier alpha value is -2.48. The fourth-order valence-electron chi connectivity index (χ4n) is 4.13. The van der Waals surface area contributed by atoms with Gasteiger partial charge in [0.2, 0.25) is 0 Å². The Labute approximate surface area is 176 Å². The van der Waals surface area contributed by atoms with Crippen LogP contribution in [0.25, 0.3) is 5.57 Å². The van der Waals surface area contributed by atoms with E-state index in [-0.39, 0.29) is 5.41 Å². The molecule has 1 unspecified atom stereocenters. The first-order valence-electron chi connectivity index (χ1n) is 10.8. The van der Waals surface area contributed by atoms with Crippen LogP contribution in [0, 0.1) is 0 Å². The monoisotopic (exact) mass is 390 g/mol. The van der Waals surface area contributed by atoms with Crippen LogP contribution in [-0.4, -0.2) is 14.2 Å². The second-order valence-corrected chi connectivity index (χ2v) is 8.14. The smallest absolute Gasteiger partial charge is 0.118 e. The van der Waals surface area contributed by atoms with Crippen molar-refractivity contribution < 1.29 is 9.47 Å². The van der Waals surface area contributed by atoms with Crippen molar-refractivity contribution in [2.75, 3.05) is 14.2 Å². The van der Waals surface area contributed by atoms with E-state index in [0.717, 1.165) is 11.5 Å². The Balaban J connectivity index is 0.000000166. The lowest BCUT2D eigenvalue weighted by Crippen LogP contribution is -2.20. The number of hydrogen-bond acceptors (Lipinski definition) is 2. The van der Waals surface area contributed by atoms with E-state index in [4.69, 9.17) is 9.47 Å². The average molecular weight is 391 g/mol. The fourth-order valence-corrected chi connectivity index (χ4v) is 4.13. The molecule has 2 aromatic rings. The summed E-state index contributed by atoms with van der Waals surface area (Å²) in [5.74, 6) is 1.87. The summed E-state index contributed by atoms with van der Waals surface area (Å²) in [7, 11) is 3.41. The molecule has 2 aromatic carbocycles. The highest BCUT2D eigenvalue weighted by Gasteiger charge is 2.24. The maximum atomic E-state index is 5.17. The molecule has 0 spiro atoms. The zero-order valence-corrected chi connectivity index (χ0v) is 18.1. The lowest BCUT2D eigenvalue weighted by molar-refractivity contribution is 0.414. The summed E-state index contributed by atoms with van der Waals surface area (Å²) in [6, 6.07) is 16.8. The maximum absolute atomic E-state index is 5.17. The molecule has 154 valence electrons. The van der Waals surface area contributed by atoms with E-state index in [1.54, 1.807) is 14.2 Å². The molecule has 2 nitrogen and oxygen atoms in total. The molecule has 2 aliphatic carbocycles. The topological polar surface area (TPSA) is 18.5 Å². The molecule has 0 radical (unpaired) electrons. The third-order valence-electron chi connectivity index (χ3n) is 6.05. The normalized spacial score (nSPS) is 20.9. The van der Waals surface area contributed by atoms with E-state index in [2.05, 4.69) is 49.4 Å². The number of rotatable bonds is 4. The third-order valence-corrected chi connectivity index (χ3v) is 6.05. The summed E-state index contributed by atoms with van der Waals surface area (Å²) in [6.07, 6.45) is 15.9. The fraction of sp³-hybridized carbons (Fsp3) is 0.407. The van der Waals surface area contributed by atoms with Gasteiger partial charge in [-0.2, -0.15) is 0 Å². The molecule has 0 amide bonds. The van der Waals surface area contributed by atoms with E-state index in [1.807, 2.05) is 24.3 Å². The molecule has 0 bridgehead atoms. The molecule has 0 aromatic heterocycles. The summed E-state index contributed by atoms with van der Waals surface area (Å²) < 4.78 is 10.3. The van der Waals surface area contributed by atoms with E-state index in [0.29, 0.717) is 0 Å². The summed E-state index contributed by atoms with van der Waals surface area (Å²) >= 11 is 0. The van der Waals surface area contributed by atoms with Gasteiger partial charge in [-0.1, -0.05) is 49.4 Å². The highest BCUT2D eigenvalue weighted by atomic mass is 16.5. The number of ether oxygens (including phenoxy) is 2. The van der Waals surface area contributed by atoms with Gasteiger partial charge in [-0.05, 0) is 85.9 Å². The van der Waals surface area contributed by atoms with Crippen LogP contribution in [0.5, 0.6) is 11.5 Å². The molecule has 29 heavy (non-hydrogen) atoms. The van der Waals surface area contributed by atoms with Crippen LogP contribution in [-0.2, 0) is 5.41 Å². The van der Waals surface area contributed by atoms with Crippen LogP contribution in [0.3, 0.4) is 0 Å². The predicted octanol–water partition coefficient (Wildman–Crippen LogP) is 7.35. The van der Waals surface area contributed by atoms with Gasteiger partial charge in [0.1, 0.15) is 11.5 Å². The average Bonchev–Trinajstić information content (AvgIpc) is 2.81. The van der Waals surface area contributed by atoms with E-state index < -0.39 is 0 Å². The lowest BCUT2D eigenvalue weighted by atomic mass is 9.75. The first kappa shape index (κ1) is 21.2. The highest BCUT2D eigenvalue weighted by Crippen LogP contribution is 2.35. The van der Waals surface area contributed by atoms with Gasteiger partial charge in [0.25, 0.3) is 0 Å². The van der Waals surface area contributed by atoms with Crippen molar-refractivity contribution in [3.8, 4) is 11.5 Å². The lowest BCUT2D eigenvalue weighted by Gasteiger charge is -2.29. The van der Waals surface area contributed by atoms with Crippen molar-refractivity contribution in [2.24, 2.45) is 0 Å². The largest absolute Gasteiger partial charge is 0.497 e. The Morgan fingerprint density at radius 1 is 0.759 bits per heavy atom. The van der Waals surface area contributed by atoms with Crippen LogP contribution < -0.4 is 9.47 Å². The van der Waals surface area contributed by atoms with Gasteiger partial charge < -0.3 is 9.47 Å². The number of hydrogen-bond donors (Lipinski definition) is 0. The molecular weight excluding hydrogens is 356 g/mol. The predicted molar refractivity (Wildman–Crippen MR) is 123 cm³/mol. The quantitative estimate of drug-likeness (QED) is 0.508. The van der Waals surface area contributed by atoms with Gasteiger partial charge >= 0.3 is 0 Å². The number of methoxy groups -OCH3 is 2. The molecule has 0 aliphatic heterocycles. The van der Waals surface area contributed by atoms with Crippen molar-refractivity contribution in [2.45, 2.75) is 57.3 Å². The summed E-state index contributed by atoms with van der Waals surface area (Å²) in [5.41, 5.74) is 4.47. The van der Waals surface area contributed by atoms with Crippen LogP contribution in [0.15, 0.2) is 66.8 Å². The molecule has 0 N–H and O–H groups in total. The molecule has 2 aliphatic rings. The van der Waals surface area contributed by atoms with Crippen LogP contribution in [0.4, 0.5) is 0 Å². The standard InChI is InChI=1S/C14H18O.C13H16O/c1-14(10-4-3-5-11-14)12-6-8-13(15-2)9-7-12;1-14-13-9-7-12(8-10-13)11-5-3-2-4-6-11/h4,6-10H,3,5,11H2,1-2H3;5,7-10H,2-4,6H2,1H3. The molecule has 0 heterocycles. The minimum absolute atomic E-state index is 0.227. The Morgan fingerprint density at radius 3 is 1.93 bits per heavy atom. The Bertz CT molecular complexity index is 815. The first-order chi connectivity index (χ1) is 14.1.